The van der Waals surface area contributed by atoms with Gasteiger partial charge in [0.15, 0.2) is 28.6 Å². The second-order valence-electron chi connectivity index (χ2n) is 7.50. The molecule has 158 valence electrons. The van der Waals surface area contributed by atoms with E-state index in [1.54, 1.807) is 23.1 Å². The van der Waals surface area contributed by atoms with E-state index in [0.29, 0.717) is 12.5 Å². The number of ether oxygens (including phenoxy) is 2. The van der Waals surface area contributed by atoms with Gasteiger partial charge in [0, 0.05) is 22.7 Å². The lowest BCUT2D eigenvalue weighted by atomic mass is 10.2. The molecule has 0 aliphatic carbocycles. The molecule has 1 unspecified atom stereocenters. The number of fused-ring (bicyclic) bond motifs is 1. The number of thioether (sulfide) groups is 1. The Hall–Kier alpha value is -2.84. The van der Waals surface area contributed by atoms with Gasteiger partial charge in [-0.1, -0.05) is 55.9 Å². The Morgan fingerprint density at radius 3 is 2.61 bits per heavy atom. The Morgan fingerprint density at radius 1 is 1.06 bits per heavy atom. The van der Waals surface area contributed by atoms with Crippen LogP contribution in [0.3, 0.4) is 0 Å². The van der Waals surface area contributed by atoms with Crippen molar-refractivity contribution in [3.05, 3.63) is 76.5 Å². The molecule has 1 aliphatic rings. The van der Waals surface area contributed by atoms with E-state index in [-0.39, 0.29) is 6.10 Å². The molecule has 8 heteroatoms. The predicted molar refractivity (Wildman–Crippen MR) is 122 cm³/mol. The fraction of sp³-hybridized carbons (Fsp3) is 0.261. The third-order valence-corrected chi connectivity index (χ3v) is 7.04. The molecular formula is C23H22N4O2S2. The zero-order chi connectivity index (χ0) is 21.2. The Bertz CT molecular complexity index is 1170. The minimum atomic E-state index is -0.344. The Morgan fingerprint density at radius 2 is 1.84 bits per heavy atom. The lowest BCUT2D eigenvalue weighted by Crippen LogP contribution is -2.24. The van der Waals surface area contributed by atoms with Crippen LogP contribution in [0.5, 0.6) is 11.5 Å². The summed E-state index contributed by atoms with van der Waals surface area (Å²) in [5.74, 6) is 3.38. The van der Waals surface area contributed by atoms with Gasteiger partial charge in [-0.15, -0.1) is 21.5 Å². The molecule has 0 bridgehead atoms. The maximum Gasteiger partial charge on any atom is 0.196 e. The van der Waals surface area contributed by atoms with Crippen LogP contribution < -0.4 is 9.47 Å². The Balaban J connectivity index is 1.44. The summed E-state index contributed by atoms with van der Waals surface area (Å²) in [7, 11) is 0. The summed E-state index contributed by atoms with van der Waals surface area (Å²) in [5, 5.41) is 13.1. The van der Waals surface area contributed by atoms with Crippen molar-refractivity contribution in [2.24, 2.45) is 0 Å². The number of hydrogen-bond donors (Lipinski definition) is 0. The second kappa shape index (κ2) is 8.72. The van der Waals surface area contributed by atoms with Gasteiger partial charge in [-0.3, -0.25) is 4.57 Å². The van der Waals surface area contributed by atoms with Crippen molar-refractivity contribution in [2.75, 3.05) is 6.61 Å². The first-order valence-electron chi connectivity index (χ1n) is 10.2. The van der Waals surface area contributed by atoms with Gasteiger partial charge in [-0.05, 0) is 24.3 Å². The van der Waals surface area contributed by atoms with E-state index in [1.807, 2.05) is 54.6 Å². The summed E-state index contributed by atoms with van der Waals surface area (Å²) in [4.78, 5) is 4.74. The Labute approximate surface area is 189 Å². The molecule has 1 atom stereocenters. The summed E-state index contributed by atoms with van der Waals surface area (Å²) < 4.78 is 14.2. The van der Waals surface area contributed by atoms with Gasteiger partial charge in [0.1, 0.15) is 6.61 Å². The highest BCUT2D eigenvalue weighted by Gasteiger charge is 2.29. The monoisotopic (exact) mass is 450 g/mol. The van der Waals surface area contributed by atoms with Crippen LogP contribution in [0.15, 0.2) is 65.1 Å². The molecule has 31 heavy (non-hydrogen) atoms. The summed E-state index contributed by atoms with van der Waals surface area (Å²) in [6.07, 6.45) is -0.344. The number of hydrogen-bond acceptors (Lipinski definition) is 7. The van der Waals surface area contributed by atoms with Crippen molar-refractivity contribution in [3.8, 4) is 17.2 Å². The summed E-state index contributed by atoms with van der Waals surface area (Å²) in [6.45, 7) is 4.72. The standard InChI is InChI=1S/C23H22N4O2S2/c1-15(2)22-24-16(13-30-22)14-31-23-26-25-21(27(23)17-8-4-3-5-9-17)20-12-28-18-10-6-7-11-19(18)29-20/h3-11,13,15,20H,12,14H2,1-2H3. The highest BCUT2D eigenvalue weighted by atomic mass is 32.2. The van der Waals surface area contributed by atoms with Gasteiger partial charge in [0.05, 0.1) is 10.7 Å². The SMILES string of the molecule is CC(C)c1nc(CSc2nnc(C3COc4ccccc4O3)n2-c2ccccc2)cs1. The first-order valence-corrected chi connectivity index (χ1v) is 12.0. The van der Waals surface area contributed by atoms with Crippen LogP contribution in [0.25, 0.3) is 5.69 Å². The second-order valence-corrected chi connectivity index (χ2v) is 9.33. The Kier molecular flexibility index (Phi) is 5.65. The van der Waals surface area contributed by atoms with E-state index < -0.39 is 0 Å². The number of thiazole rings is 1. The fourth-order valence-electron chi connectivity index (χ4n) is 3.34. The average Bonchev–Trinajstić information content (AvgIpc) is 3.45. The van der Waals surface area contributed by atoms with Gasteiger partial charge in [0.2, 0.25) is 0 Å². The molecule has 6 nitrogen and oxygen atoms in total. The van der Waals surface area contributed by atoms with Crippen molar-refractivity contribution < 1.29 is 9.47 Å². The van der Waals surface area contributed by atoms with Crippen molar-refractivity contribution in [1.82, 2.24) is 19.7 Å². The lowest BCUT2D eigenvalue weighted by Gasteiger charge is -2.26. The number of benzene rings is 2. The van der Waals surface area contributed by atoms with Crippen LogP contribution in [-0.2, 0) is 5.75 Å². The molecule has 5 rings (SSSR count). The third kappa shape index (κ3) is 4.18. The molecular weight excluding hydrogens is 428 g/mol. The van der Waals surface area contributed by atoms with Crippen LogP contribution in [-0.4, -0.2) is 26.4 Å². The summed E-state index contributed by atoms with van der Waals surface area (Å²) >= 11 is 3.34. The number of nitrogens with zero attached hydrogens (tertiary/aromatic N) is 4. The van der Waals surface area contributed by atoms with Crippen LogP contribution in [0.1, 0.15) is 42.4 Å². The third-order valence-electron chi connectivity index (χ3n) is 4.88. The average molecular weight is 451 g/mol. The maximum atomic E-state index is 6.22. The minimum absolute atomic E-state index is 0.344. The van der Waals surface area contributed by atoms with Gasteiger partial charge in [0.25, 0.3) is 0 Å². The van der Waals surface area contributed by atoms with E-state index in [9.17, 15) is 0 Å². The number of rotatable bonds is 6. The van der Waals surface area contributed by atoms with E-state index in [2.05, 4.69) is 34.0 Å². The van der Waals surface area contributed by atoms with Crippen molar-refractivity contribution in [2.45, 2.75) is 36.8 Å². The zero-order valence-corrected chi connectivity index (χ0v) is 18.9. The van der Waals surface area contributed by atoms with Crippen molar-refractivity contribution in [1.29, 1.82) is 0 Å². The topological polar surface area (TPSA) is 62.1 Å². The molecule has 0 fully saturated rings. The van der Waals surface area contributed by atoms with E-state index in [0.717, 1.165) is 44.6 Å². The maximum absolute atomic E-state index is 6.22. The van der Waals surface area contributed by atoms with E-state index >= 15 is 0 Å². The quantitative estimate of drug-likeness (QED) is 0.354. The molecule has 0 saturated heterocycles. The van der Waals surface area contributed by atoms with Gasteiger partial charge in [-0.2, -0.15) is 0 Å². The lowest BCUT2D eigenvalue weighted by molar-refractivity contribution is 0.0835. The number of aromatic nitrogens is 4. The van der Waals surface area contributed by atoms with Crippen LogP contribution in [0.2, 0.25) is 0 Å². The largest absolute Gasteiger partial charge is 0.485 e. The number of para-hydroxylation sites is 3. The molecule has 0 N–H and O–H groups in total. The molecule has 0 saturated carbocycles. The van der Waals surface area contributed by atoms with E-state index in [4.69, 9.17) is 14.5 Å². The first kappa shape index (κ1) is 20.1. The molecule has 2 aromatic carbocycles. The van der Waals surface area contributed by atoms with Crippen molar-refractivity contribution >= 4 is 23.1 Å². The van der Waals surface area contributed by atoms with Gasteiger partial charge in [-0.25, -0.2) is 4.98 Å². The molecule has 2 aromatic heterocycles. The van der Waals surface area contributed by atoms with Gasteiger partial charge >= 0.3 is 0 Å². The van der Waals surface area contributed by atoms with Gasteiger partial charge < -0.3 is 9.47 Å². The molecule has 0 spiro atoms. The molecule has 1 aliphatic heterocycles. The molecule has 0 radical (unpaired) electrons. The highest BCUT2D eigenvalue weighted by molar-refractivity contribution is 7.98. The first-order chi connectivity index (χ1) is 15.2. The molecule has 0 amide bonds. The summed E-state index contributed by atoms with van der Waals surface area (Å²) in [6, 6.07) is 17.8. The smallest absolute Gasteiger partial charge is 0.196 e. The summed E-state index contributed by atoms with van der Waals surface area (Å²) in [5.41, 5.74) is 2.06. The minimum Gasteiger partial charge on any atom is -0.485 e. The highest BCUT2D eigenvalue weighted by Crippen LogP contribution is 2.37. The van der Waals surface area contributed by atoms with Crippen LogP contribution >= 0.6 is 23.1 Å². The molecule has 3 heterocycles. The van der Waals surface area contributed by atoms with Crippen LogP contribution in [0, 0.1) is 0 Å². The molecule has 4 aromatic rings. The van der Waals surface area contributed by atoms with Crippen LogP contribution in [0.4, 0.5) is 0 Å². The van der Waals surface area contributed by atoms with E-state index in [1.165, 1.54) is 0 Å². The predicted octanol–water partition coefficient (Wildman–Crippen LogP) is 5.65. The van der Waals surface area contributed by atoms with Crippen molar-refractivity contribution in [3.63, 3.8) is 0 Å². The normalized spacial score (nSPS) is 15.4. The zero-order valence-electron chi connectivity index (χ0n) is 17.3. The fourth-order valence-corrected chi connectivity index (χ4v) is 5.13.